The van der Waals surface area contributed by atoms with Crippen LogP contribution in [-0.4, -0.2) is 6.54 Å². The second-order valence-corrected chi connectivity index (χ2v) is 8.42. The molecule has 2 heteroatoms. The summed E-state index contributed by atoms with van der Waals surface area (Å²) in [6, 6.07) is 17.5. The van der Waals surface area contributed by atoms with Crippen molar-refractivity contribution in [3.63, 3.8) is 0 Å². The standard InChI is InChI=1S/C24H27NO/c1-24(2,3)22-9-11-25-23-20(19-10-12-26-16-19)14-18(15-21(22)23)13-17-7-5-4-6-8-17/h4-8,10,12,14-16,22,25H,9,11,13H2,1-3H3. The summed E-state index contributed by atoms with van der Waals surface area (Å²) in [4.78, 5) is 0. The Labute approximate surface area is 156 Å². The molecule has 0 spiro atoms. The largest absolute Gasteiger partial charge is 0.472 e. The third-order valence-electron chi connectivity index (χ3n) is 5.47. The third kappa shape index (κ3) is 3.29. The molecule has 0 aliphatic carbocycles. The molecule has 1 aliphatic rings. The van der Waals surface area contributed by atoms with Crippen molar-refractivity contribution in [2.45, 2.75) is 39.5 Å². The van der Waals surface area contributed by atoms with E-state index in [-0.39, 0.29) is 5.41 Å². The van der Waals surface area contributed by atoms with Crippen LogP contribution >= 0.6 is 0 Å². The zero-order chi connectivity index (χ0) is 18.1. The molecule has 2 nitrogen and oxygen atoms in total. The van der Waals surface area contributed by atoms with Crippen LogP contribution in [0.2, 0.25) is 0 Å². The molecule has 1 aromatic heterocycles. The first-order valence-electron chi connectivity index (χ1n) is 9.49. The number of nitrogens with one attached hydrogen (secondary N) is 1. The van der Waals surface area contributed by atoms with Gasteiger partial charge in [-0.2, -0.15) is 0 Å². The van der Waals surface area contributed by atoms with E-state index in [4.69, 9.17) is 4.42 Å². The summed E-state index contributed by atoms with van der Waals surface area (Å²) in [6.45, 7) is 8.09. The number of anilines is 1. The normalized spacial score (nSPS) is 16.8. The van der Waals surface area contributed by atoms with Gasteiger partial charge in [-0.05, 0) is 53.0 Å². The molecule has 0 saturated heterocycles. The Morgan fingerprint density at radius 1 is 1.04 bits per heavy atom. The van der Waals surface area contributed by atoms with E-state index in [0.29, 0.717) is 5.92 Å². The number of hydrogen-bond donors (Lipinski definition) is 1. The van der Waals surface area contributed by atoms with Crippen molar-refractivity contribution < 1.29 is 4.42 Å². The molecule has 0 saturated carbocycles. The minimum Gasteiger partial charge on any atom is -0.472 e. The maximum atomic E-state index is 5.38. The molecule has 2 aromatic carbocycles. The van der Waals surface area contributed by atoms with E-state index >= 15 is 0 Å². The minimum absolute atomic E-state index is 0.246. The van der Waals surface area contributed by atoms with Gasteiger partial charge < -0.3 is 9.73 Å². The van der Waals surface area contributed by atoms with Gasteiger partial charge in [0, 0.05) is 23.4 Å². The van der Waals surface area contributed by atoms with E-state index in [2.05, 4.69) is 74.6 Å². The van der Waals surface area contributed by atoms with E-state index < -0.39 is 0 Å². The predicted octanol–water partition coefficient (Wildman–Crippen LogP) is 6.48. The fraction of sp³-hybridized carbons (Fsp3) is 0.333. The second-order valence-electron chi connectivity index (χ2n) is 8.42. The van der Waals surface area contributed by atoms with Gasteiger partial charge in [0.1, 0.15) is 0 Å². The Morgan fingerprint density at radius 2 is 1.85 bits per heavy atom. The van der Waals surface area contributed by atoms with Crippen molar-refractivity contribution in [1.29, 1.82) is 0 Å². The lowest BCUT2D eigenvalue weighted by atomic mass is 9.71. The van der Waals surface area contributed by atoms with Gasteiger partial charge in [-0.15, -0.1) is 0 Å². The van der Waals surface area contributed by atoms with Gasteiger partial charge in [0.15, 0.2) is 0 Å². The molecule has 1 unspecified atom stereocenters. The van der Waals surface area contributed by atoms with Crippen LogP contribution in [0, 0.1) is 5.41 Å². The molecule has 0 bridgehead atoms. The molecule has 1 aliphatic heterocycles. The molecular formula is C24H27NO. The Balaban J connectivity index is 1.85. The van der Waals surface area contributed by atoms with Crippen LogP contribution in [0.25, 0.3) is 11.1 Å². The second kappa shape index (κ2) is 6.68. The lowest BCUT2D eigenvalue weighted by Crippen LogP contribution is -2.27. The summed E-state index contributed by atoms with van der Waals surface area (Å²) >= 11 is 0. The minimum atomic E-state index is 0.246. The van der Waals surface area contributed by atoms with Crippen LogP contribution in [0.5, 0.6) is 0 Å². The van der Waals surface area contributed by atoms with Crippen LogP contribution in [0.1, 0.15) is 49.8 Å². The zero-order valence-corrected chi connectivity index (χ0v) is 15.9. The van der Waals surface area contributed by atoms with E-state index in [9.17, 15) is 0 Å². The molecule has 0 radical (unpaired) electrons. The molecule has 1 atom stereocenters. The van der Waals surface area contributed by atoms with Gasteiger partial charge in [0.2, 0.25) is 0 Å². The monoisotopic (exact) mass is 345 g/mol. The van der Waals surface area contributed by atoms with Crippen molar-refractivity contribution in [3.8, 4) is 11.1 Å². The molecule has 1 N–H and O–H groups in total. The molecule has 3 aromatic rings. The predicted molar refractivity (Wildman–Crippen MR) is 109 cm³/mol. The van der Waals surface area contributed by atoms with Crippen molar-refractivity contribution >= 4 is 5.69 Å². The Morgan fingerprint density at radius 3 is 2.54 bits per heavy atom. The summed E-state index contributed by atoms with van der Waals surface area (Å²) in [5.74, 6) is 0.556. The number of furan rings is 1. The van der Waals surface area contributed by atoms with Crippen LogP contribution < -0.4 is 5.32 Å². The first-order chi connectivity index (χ1) is 12.5. The van der Waals surface area contributed by atoms with E-state index in [1.54, 1.807) is 6.26 Å². The van der Waals surface area contributed by atoms with Gasteiger partial charge in [-0.1, -0.05) is 57.2 Å². The third-order valence-corrected chi connectivity index (χ3v) is 5.47. The SMILES string of the molecule is CC(C)(C)C1CCNc2c(-c3ccoc3)cc(Cc3ccccc3)cc21. The highest BCUT2D eigenvalue weighted by Crippen LogP contribution is 2.47. The molecule has 0 amide bonds. The van der Waals surface area contributed by atoms with Crippen molar-refractivity contribution in [1.82, 2.24) is 0 Å². The fourth-order valence-corrected chi connectivity index (χ4v) is 4.17. The lowest BCUT2D eigenvalue weighted by Gasteiger charge is -2.37. The van der Waals surface area contributed by atoms with E-state index in [0.717, 1.165) is 18.5 Å². The molecular weight excluding hydrogens is 318 g/mol. The maximum absolute atomic E-state index is 5.38. The molecule has 4 rings (SSSR count). The smallest absolute Gasteiger partial charge is 0.0981 e. The summed E-state index contributed by atoms with van der Waals surface area (Å²) in [6.07, 6.45) is 5.74. The van der Waals surface area contributed by atoms with Gasteiger partial charge in [0.05, 0.1) is 12.5 Å². The highest BCUT2D eigenvalue weighted by molar-refractivity contribution is 5.82. The summed E-state index contributed by atoms with van der Waals surface area (Å²) in [5, 5.41) is 3.67. The molecule has 134 valence electrons. The van der Waals surface area contributed by atoms with Crippen LogP contribution in [0.3, 0.4) is 0 Å². The van der Waals surface area contributed by atoms with Gasteiger partial charge in [-0.25, -0.2) is 0 Å². The summed E-state index contributed by atoms with van der Waals surface area (Å²) in [5.41, 5.74) is 8.11. The lowest BCUT2D eigenvalue weighted by molar-refractivity contribution is 0.305. The Kier molecular flexibility index (Phi) is 4.36. The van der Waals surface area contributed by atoms with Crippen molar-refractivity contribution in [3.05, 3.63) is 77.7 Å². The number of hydrogen-bond acceptors (Lipinski definition) is 2. The highest BCUT2D eigenvalue weighted by Gasteiger charge is 2.32. The molecule has 2 heterocycles. The quantitative estimate of drug-likeness (QED) is 0.587. The van der Waals surface area contributed by atoms with Gasteiger partial charge in [0.25, 0.3) is 0 Å². The summed E-state index contributed by atoms with van der Waals surface area (Å²) in [7, 11) is 0. The zero-order valence-electron chi connectivity index (χ0n) is 15.9. The molecule has 26 heavy (non-hydrogen) atoms. The highest BCUT2D eigenvalue weighted by atomic mass is 16.3. The average Bonchev–Trinajstić information content (AvgIpc) is 3.15. The number of rotatable bonds is 3. The van der Waals surface area contributed by atoms with E-state index in [1.807, 2.05) is 6.26 Å². The van der Waals surface area contributed by atoms with Crippen LogP contribution in [0.15, 0.2) is 65.5 Å². The Bertz CT molecular complexity index is 873. The summed E-state index contributed by atoms with van der Waals surface area (Å²) < 4.78 is 5.38. The fourth-order valence-electron chi connectivity index (χ4n) is 4.17. The number of benzene rings is 2. The number of fused-ring (bicyclic) bond motifs is 1. The van der Waals surface area contributed by atoms with E-state index in [1.165, 1.54) is 34.4 Å². The van der Waals surface area contributed by atoms with Gasteiger partial charge in [-0.3, -0.25) is 0 Å². The first-order valence-corrected chi connectivity index (χ1v) is 9.49. The van der Waals surface area contributed by atoms with Crippen LogP contribution in [-0.2, 0) is 6.42 Å². The van der Waals surface area contributed by atoms with Crippen molar-refractivity contribution in [2.75, 3.05) is 11.9 Å². The maximum Gasteiger partial charge on any atom is 0.0981 e. The van der Waals surface area contributed by atoms with Crippen LogP contribution in [0.4, 0.5) is 5.69 Å². The average molecular weight is 345 g/mol. The van der Waals surface area contributed by atoms with Gasteiger partial charge >= 0.3 is 0 Å². The topological polar surface area (TPSA) is 25.2 Å². The molecule has 0 fully saturated rings. The Hall–Kier alpha value is -2.48. The van der Waals surface area contributed by atoms with Crippen molar-refractivity contribution in [2.24, 2.45) is 5.41 Å². The first kappa shape index (κ1) is 17.0.